The molecule has 668 valence electrons. The van der Waals surface area contributed by atoms with Crippen molar-refractivity contribution in [1.82, 2.24) is 18.9 Å². The quantitative estimate of drug-likeness (QED) is 0.0157. The summed E-state index contributed by atoms with van der Waals surface area (Å²) < 4.78 is 237. The normalized spacial score (nSPS) is 41.7. The second-order valence-electron chi connectivity index (χ2n) is 26.6. The molecule has 0 aliphatic carbocycles. The summed E-state index contributed by atoms with van der Waals surface area (Å²) in [5.41, 5.74) is 5.45. The van der Waals surface area contributed by atoms with Crippen LogP contribution in [-0.4, -0.2) is 448 Å². The fourth-order valence-corrected chi connectivity index (χ4v) is 15.7. The summed E-state index contributed by atoms with van der Waals surface area (Å²) in [6.07, 6.45) is -92.3. The molecule has 0 aromatic carbocycles. The Morgan fingerprint density at radius 1 is 0.285 bits per heavy atom. The van der Waals surface area contributed by atoms with Gasteiger partial charge in [-0.3, -0.25) is 0 Å². The Bertz CT molecular complexity index is 3750. The van der Waals surface area contributed by atoms with Gasteiger partial charge in [0.15, 0.2) is 91.5 Å². The van der Waals surface area contributed by atoms with E-state index in [1.807, 2.05) is 0 Å². The predicted molar refractivity (Wildman–Crippen MR) is 325 cm³/mol. The van der Waals surface area contributed by atoms with Crippen LogP contribution in [0.3, 0.4) is 0 Å². The van der Waals surface area contributed by atoms with Crippen molar-refractivity contribution in [2.24, 2.45) is 5.73 Å². The minimum absolute atomic E-state index is 0. The van der Waals surface area contributed by atoms with E-state index in [0.717, 1.165) is 0 Å². The average Bonchev–Trinajstić information content (AvgIpc) is 0.763. The number of nitrogens with two attached hydrogens (primary N) is 1. The number of rotatable bonds is 36. The number of hydrogen-bond acceptors (Lipinski definition) is 54. The number of carbonyl (C=O) groups excluding carboxylic acids is 4. The summed E-state index contributed by atoms with van der Waals surface area (Å²) in [6.45, 7) is -5.60. The maximum absolute atomic E-state index is 12.9. The van der Waals surface area contributed by atoms with E-state index in [9.17, 15) is 178 Å². The summed E-state index contributed by atoms with van der Waals surface area (Å²) in [7, 11) is -23.5. The van der Waals surface area contributed by atoms with Gasteiger partial charge in [-0.2, -0.15) is 0 Å². The Morgan fingerprint density at radius 2 is 0.504 bits per heavy atom. The Labute approximate surface area is 873 Å². The predicted octanol–water partition coefficient (Wildman–Crippen LogP) is -50.0. The van der Waals surface area contributed by atoms with E-state index in [2.05, 4.69) is 0 Å². The van der Waals surface area contributed by atoms with Gasteiger partial charge in [-0.15, -0.1) is 0 Å². The number of carboxylic acid groups (broad SMARTS) is 4. The summed E-state index contributed by atoms with van der Waals surface area (Å²) in [5, 5.41) is 238. The second kappa shape index (κ2) is 55.1. The van der Waals surface area contributed by atoms with Crippen LogP contribution in [0.1, 0.15) is 19.3 Å². The zero-order chi connectivity index (χ0) is 85.9. The number of hydrogen-bond donors (Lipinski definition) is 22. The topological polar surface area (TPSA) is 955 Å². The molecular weight excluding hydrogens is 1870 g/mol. The molecule has 8 fully saturated rings. The van der Waals surface area contributed by atoms with Crippen LogP contribution in [0.2, 0.25) is 0 Å². The van der Waals surface area contributed by atoms with Crippen molar-refractivity contribution in [3.63, 3.8) is 0 Å². The van der Waals surface area contributed by atoms with E-state index in [1.54, 1.807) is 0 Å². The molecule has 40 atom stereocenters. The van der Waals surface area contributed by atoms with E-state index < -0.39 is 337 Å². The summed E-state index contributed by atoms with van der Waals surface area (Å²) in [5.74, 6) is -9.67. The SMILES string of the molecule is NCCCCCO[C@@H]1O[C@H](C(=O)[O-])[C@@H](O[C@H]2O[C@H](CO)[C@@H](O[C@@H]3O[C@@H](C(=O)[O-])[C@@H](O[C@H]4O[C@H](CO)[C@@H](O[C@@H]5O[C@H](C(=O)[O-])[C@@H](O[C@H]6O[C@H](CO)[C@@H](O[C@@H]7O[C@@H](C(=O)[O-])[C@@H](O[C@H]8O[C@H](CO)[C@@H](O)[C@H](O)[C@H]8NS(=O)(=O)[O-])[C@H](O)[C@H]7O)[C@H](O)[C@H]6NS(=O)(=O)[O-])[C@H](O)[C@H]5O)[C@H](O)[C@H]4NS(=O)(=O)[O-])[C@H](O)[C@H]3O)[C@H](O)[C@H]2NS(=O)(=O)[O-])[C@H](O)[C@H]1O.[Na+].[Na+].[Na+].[Na+].[Na+].[Na+].[Na+].[Na+]. The van der Waals surface area contributed by atoms with Crippen LogP contribution in [0.25, 0.3) is 0 Å². The van der Waals surface area contributed by atoms with Gasteiger partial charge in [0.1, 0.15) is 195 Å². The molecule has 58 nitrogen and oxygen atoms in total. The van der Waals surface area contributed by atoms with Crippen LogP contribution >= 0.6 is 0 Å². The second-order valence-corrected chi connectivity index (χ2v) is 31.1. The molecule has 0 radical (unpaired) electrons. The average molecular weight is 1950 g/mol. The molecule has 8 aliphatic heterocycles. The van der Waals surface area contributed by atoms with Crippen LogP contribution in [0, 0.1) is 0 Å². The van der Waals surface area contributed by atoms with E-state index in [0.29, 0.717) is 25.8 Å². The summed E-state index contributed by atoms with van der Waals surface area (Å²) >= 11 is 0. The van der Waals surface area contributed by atoms with E-state index in [1.165, 1.54) is 18.9 Å². The van der Waals surface area contributed by atoms with Crippen LogP contribution < -0.4 is 282 Å². The molecule has 0 aromatic heterocycles. The monoisotopic (exact) mass is 1950 g/mol. The van der Waals surface area contributed by atoms with Crippen molar-refractivity contribution in [1.29, 1.82) is 0 Å². The van der Waals surface area contributed by atoms with Gasteiger partial charge < -0.3 is 226 Å². The molecule has 70 heteroatoms. The first-order valence-corrected chi connectivity index (χ1v) is 39.3. The maximum atomic E-state index is 12.9. The van der Waals surface area contributed by atoms with Gasteiger partial charge in [0.2, 0.25) is 0 Å². The van der Waals surface area contributed by atoms with Gasteiger partial charge in [-0.05, 0) is 25.8 Å². The number of carbonyl (C=O) groups is 4. The number of unbranched alkanes of at least 4 members (excludes halogenated alkanes) is 2. The largest absolute Gasteiger partial charge is 1.00 e. The van der Waals surface area contributed by atoms with Gasteiger partial charge in [-0.25, -0.2) is 52.6 Å². The van der Waals surface area contributed by atoms with Crippen LogP contribution in [0.4, 0.5) is 0 Å². The molecule has 8 heterocycles. The van der Waals surface area contributed by atoms with E-state index in [4.69, 9.17) is 81.5 Å². The number of nitrogens with one attached hydrogen (secondary N) is 4. The maximum Gasteiger partial charge on any atom is 1.00 e. The Morgan fingerprint density at radius 3 is 0.732 bits per heavy atom. The summed E-state index contributed by atoms with van der Waals surface area (Å²) in [6, 6.07) is -10.6. The molecule has 8 saturated heterocycles. The molecule has 0 unspecified atom stereocenters. The van der Waals surface area contributed by atoms with Crippen LogP contribution in [0.15, 0.2) is 0 Å². The molecule has 0 saturated carbocycles. The molecule has 0 amide bonds. The summed E-state index contributed by atoms with van der Waals surface area (Å²) in [4.78, 5) is 50.6. The van der Waals surface area contributed by atoms with Crippen molar-refractivity contribution >= 4 is 65.1 Å². The number of ether oxygens (including phenoxy) is 16. The minimum Gasteiger partial charge on any atom is -0.735 e. The first-order chi connectivity index (χ1) is 53.5. The Kier molecular flexibility index (Phi) is 56.9. The number of aliphatic hydroxyl groups excluding tert-OH is 17. The third-order valence-corrected chi connectivity index (χ3v) is 21.1. The van der Waals surface area contributed by atoms with Crippen molar-refractivity contribution in [2.75, 3.05) is 39.6 Å². The number of aliphatic hydroxyl groups is 17. The van der Waals surface area contributed by atoms with Gasteiger partial charge in [0, 0.05) is 6.61 Å². The zero-order valence-corrected chi connectivity index (χ0v) is 85.2. The molecule has 0 bridgehead atoms. The van der Waals surface area contributed by atoms with Crippen molar-refractivity contribution in [3.05, 3.63) is 0 Å². The van der Waals surface area contributed by atoms with E-state index in [-0.39, 0.29) is 243 Å². The minimum atomic E-state index is -6.04. The molecular formula is C53H81N5Na8O53S4. The molecule has 8 aliphatic rings. The Balaban J connectivity index is 0.0000186. The van der Waals surface area contributed by atoms with Crippen molar-refractivity contribution < 1.29 is 491 Å². The van der Waals surface area contributed by atoms with Gasteiger partial charge in [-0.1, -0.05) is 0 Å². The fraction of sp³-hybridized carbons (Fsp3) is 0.925. The van der Waals surface area contributed by atoms with Crippen LogP contribution in [-0.2, 0) is 136 Å². The molecule has 8 rings (SSSR count). The van der Waals surface area contributed by atoms with Gasteiger partial charge in [0.25, 0.3) is 0 Å². The van der Waals surface area contributed by atoms with Gasteiger partial charge >= 0.3 is 236 Å². The smallest absolute Gasteiger partial charge is 0.735 e. The van der Waals surface area contributed by atoms with Crippen LogP contribution in [0.5, 0.6) is 0 Å². The van der Waals surface area contributed by atoms with Gasteiger partial charge in [0.05, 0.1) is 50.3 Å². The molecule has 123 heavy (non-hydrogen) atoms. The van der Waals surface area contributed by atoms with Crippen molar-refractivity contribution in [3.8, 4) is 0 Å². The standard InChI is InChI=1S/C53H89N5O53S4.8Na/c54-4-2-1-3-5-96-50-27(72)23(68)34(38(108-50)42(76)77)105-47-15(56-113(87,88)89)20(65)31(11(7-60)98-47)102-52-29(74)25(70)36(40(110-52)44(80)81)107-49-17(58-115(93,94)95)22(67)33(13(9-62)100-49)103-53-30(75)26(71)37(41(111-53)45(82)83)106-48-16(57-114(90,91)92)21(66)32(12(8-61)99-48)101-51-28(73)24(69)35(39(109-51)43(78)79)104-46-14(55-112(84,85)86)19(64)18(63)10(6-59)97-46;;;;;;;;/h10-41,46-53,55-75H,1-9,54H2,(H,76,77)(H,78,79)(H,80,81)(H,82,83)(H,84,85,86)(H,87,88,89)(H,90,91,92)(H,93,94,95);;;;;;;;/q;8*+1/p-8/t10-,11-,12-,13-,14-,15-,16-,17-,18-,19-,20-,21-,22-,23-,24-,25-,26-,27-,28-,29-,30-,31-,32-,33-,34+,35+,36+,37+,38+,39-,40-,41+,46-,47-,48-,49-,50-,51-,52-,53-;;;;;;;;/m1......../s1. The first kappa shape index (κ1) is 127. The number of carboxylic acids is 4. The fourth-order valence-electron chi connectivity index (χ4n) is 13.3. The first-order valence-electron chi connectivity index (χ1n) is 33.7. The zero-order valence-electron chi connectivity index (χ0n) is 66.0. The van der Waals surface area contributed by atoms with Crippen molar-refractivity contribution in [2.45, 2.75) is 265 Å². The molecule has 0 aromatic rings. The Hall–Kier alpha value is 4.00. The third-order valence-electron chi connectivity index (χ3n) is 18.8. The number of aliphatic carboxylic acids is 4. The third kappa shape index (κ3) is 32.8. The molecule has 0 spiro atoms. The molecule has 23 N–H and O–H groups in total. The van der Waals surface area contributed by atoms with E-state index >= 15 is 0 Å².